The number of ether oxygens (including phenoxy) is 3. The molecule has 0 aromatic heterocycles. The lowest BCUT2D eigenvalue weighted by Crippen LogP contribution is -2.45. The molecule has 0 aliphatic carbocycles. The van der Waals surface area contributed by atoms with E-state index in [0.29, 0.717) is 26.3 Å². The predicted octanol–water partition coefficient (Wildman–Crippen LogP) is 1.94. The summed E-state index contributed by atoms with van der Waals surface area (Å²) in [4.78, 5) is 4.23. The van der Waals surface area contributed by atoms with E-state index in [0.717, 1.165) is 29.4 Å². The summed E-state index contributed by atoms with van der Waals surface area (Å²) in [7, 11) is 3.46. The normalized spacial score (nSPS) is 15.0. The number of hydrogen-bond donors (Lipinski definition) is 2. The van der Waals surface area contributed by atoms with E-state index in [1.807, 2.05) is 32.0 Å². The van der Waals surface area contributed by atoms with E-state index in [9.17, 15) is 0 Å². The second kappa shape index (κ2) is 8.06. The molecule has 6 heteroatoms. The molecule has 0 spiro atoms. The number of nitrogens with one attached hydrogen (secondary N) is 2. The van der Waals surface area contributed by atoms with Gasteiger partial charge in [0.25, 0.3) is 0 Å². The summed E-state index contributed by atoms with van der Waals surface area (Å²) in [5.74, 6) is 2.36. The number of fused-ring (bicyclic) bond motifs is 1. The molecule has 23 heavy (non-hydrogen) atoms. The Morgan fingerprint density at radius 2 is 1.96 bits per heavy atom. The third-order valence-corrected chi connectivity index (χ3v) is 3.73. The maximum absolute atomic E-state index is 5.71. The van der Waals surface area contributed by atoms with Crippen molar-refractivity contribution in [1.29, 1.82) is 0 Å². The lowest BCUT2D eigenvalue weighted by molar-refractivity contribution is 0.0268. The molecule has 128 valence electrons. The van der Waals surface area contributed by atoms with Crippen LogP contribution in [0.15, 0.2) is 23.2 Å². The Kier molecular flexibility index (Phi) is 6.10. The van der Waals surface area contributed by atoms with Gasteiger partial charge in [-0.3, -0.25) is 4.99 Å². The van der Waals surface area contributed by atoms with Crippen molar-refractivity contribution in [3.05, 3.63) is 23.8 Å². The molecule has 0 radical (unpaired) electrons. The van der Waals surface area contributed by atoms with Gasteiger partial charge in [-0.15, -0.1) is 0 Å². The third-order valence-electron chi connectivity index (χ3n) is 3.73. The fourth-order valence-corrected chi connectivity index (χ4v) is 2.09. The predicted molar refractivity (Wildman–Crippen MR) is 91.3 cm³/mol. The summed E-state index contributed by atoms with van der Waals surface area (Å²) in [6.45, 7) is 6.78. The molecule has 1 heterocycles. The molecule has 1 aliphatic heterocycles. The van der Waals surface area contributed by atoms with Gasteiger partial charge in [0.15, 0.2) is 17.5 Å². The Morgan fingerprint density at radius 1 is 1.22 bits per heavy atom. The highest BCUT2D eigenvalue weighted by atomic mass is 16.5. The Balaban J connectivity index is 1.90. The first-order chi connectivity index (χ1) is 11.0. The largest absolute Gasteiger partial charge is 0.490 e. The number of hydrogen-bond acceptors (Lipinski definition) is 4. The first-order valence-electron chi connectivity index (χ1n) is 7.92. The third kappa shape index (κ3) is 5.32. The average molecular weight is 321 g/mol. The summed E-state index contributed by atoms with van der Waals surface area (Å²) in [6, 6.07) is 6.01. The van der Waals surface area contributed by atoms with E-state index < -0.39 is 0 Å². The van der Waals surface area contributed by atoms with Gasteiger partial charge in [0.05, 0.1) is 18.8 Å². The van der Waals surface area contributed by atoms with Gasteiger partial charge in [0, 0.05) is 33.7 Å². The van der Waals surface area contributed by atoms with Gasteiger partial charge in [-0.1, -0.05) is 6.07 Å². The molecule has 1 aromatic rings. The molecule has 6 nitrogen and oxygen atoms in total. The molecule has 0 atom stereocenters. The van der Waals surface area contributed by atoms with Gasteiger partial charge in [0.2, 0.25) is 0 Å². The van der Waals surface area contributed by atoms with E-state index in [2.05, 4.69) is 15.6 Å². The van der Waals surface area contributed by atoms with Crippen molar-refractivity contribution in [3.63, 3.8) is 0 Å². The van der Waals surface area contributed by atoms with Crippen molar-refractivity contribution in [2.24, 2.45) is 4.99 Å². The number of nitrogens with zero attached hydrogens (tertiary/aromatic N) is 1. The highest BCUT2D eigenvalue weighted by molar-refractivity contribution is 5.79. The minimum atomic E-state index is -0.243. The molecule has 1 aliphatic rings. The Bertz CT molecular complexity index is 544. The number of rotatable bonds is 5. The van der Waals surface area contributed by atoms with Crippen LogP contribution in [0.4, 0.5) is 0 Å². The van der Waals surface area contributed by atoms with Crippen LogP contribution in [0.2, 0.25) is 0 Å². The summed E-state index contributed by atoms with van der Waals surface area (Å²) < 4.78 is 16.8. The van der Waals surface area contributed by atoms with Gasteiger partial charge in [-0.05, 0) is 31.5 Å². The molecule has 0 bridgehead atoms. The van der Waals surface area contributed by atoms with Crippen molar-refractivity contribution < 1.29 is 14.2 Å². The standard InChI is InChI=1S/C17H27N3O3/c1-17(2,21-4)12-20-16(18-3)19-11-13-6-7-14-15(10-13)23-9-5-8-22-14/h6-7,10H,5,8-9,11-12H2,1-4H3,(H2,18,19,20). The van der Waals surface area contributed by atoms with Crippen LogP contribution in [0.5, 0.6) is 11.5 Å². The molecule has 0 unspecified atom stereocenters. The molecule has 0 fully saturated rings. The Morgan fingerprint density at radius 3 is 2.65 bits per heavy atom. The van der Waals surface area contributed by atoms with Crippen LogP contribution >= 0.6 is 0 Å². The van der Waals surface area contributed by atoms with Crippen molar-refractivity contribution in [3.8, 4) is 11.5 Å². The van der Waals surface area contributed by atoms with Crippen molar-refractivity contribution >= 4 is 5.96 Å². The zero-order valence-electron chi connectivity index (χ0n) is 14.4. The van der Waals surface area contributed by atoms with Crippen LogP contribution in [0.1, 0.15) is 25.8 Å². The molecule has 0 saturated carbocycles. The van der Waals surface area contributed by atoms with Gasteiger partial charge >= 0.3 is 0 Å². The molecular weight excluding hydrogens is 294 g/mol. The van der Waals surface area contributed by atoms with Gasteiger partial charge < -0.3 is 24.8 Å². The minimum Gasteiger partial charge on any atom is -0.490 e. The van der Waals surface area contributed by atoms with Gasteiger partial charge in [-0.2, -0.15) is 0 Å². The van der Waals surface area contributed by atoms with E-state index in [-0.39, 0.29) is 5.60 Å². The second-order valence-electron chi connectivity index (χ2n) is 6.07. The summed E-state index contributed by atoms with van der Waals surface area (Å²) >= 11 is 0. The quantitative estimate of drug-likeness (QED) is 0.641. The number of aliphatic imine (C=N–C) groups is 1. The zero-order chi connectivity index (χ0) is 16.7. The molecule has 0 amide bonds. The summed E-state index contributed by atoms with van der Waals surface area (Å²) in [6.07, 6.45) is 0.911. The molecule has 0 saturated heterocycles. The van der Waals surface area contributed by atoms with Crippen molar-refractivity contribution in [2.45, 2.75) is 32.4 Å². The van der Waals surface area contributed by atoms with E-state index in [4.69, 9.17) is 14.2 Å². The Hall–Kier alpha value is -1.95. The first-order valence-corrected chi connectivity index (χ1v) is 7.92. The number of guanidine groups is 1. The fraction of sp³-hybridized carbons (Fsp3) is 0.588. The molecule has 2 N–H and O–H groups in total. The van der Waals surface area contributed by atoms with Crippen LogP contribution in [-0.2, 0) is 11.3 Å². The van der Waals surface area contributed by atoms with Crippen LogP contribution in [-0.4, -0.2) is 45.5 Å². The maximum Gasteiger partial charge on any atom is 0.191 e. The first kappa shape index (κ1) is 17.4. The monoisotopic (exact) mass is 321 g/mol. The number of benzene rings is 1. The van der Waals surface area contributed by atoms with Crippen LogP contribution < -0.4 is 20.1 Å². The SMILES string of the molecule is CN=C(NCc1ccc2c(c1)OCCCO2)NCC(C)(C)OC. The summed E-state index contributed by atoms with van der Waals surface area (Å²) in [5, 5.41) is 6.55. The van der Waals surface area contributed by atoms with Gasteiger partial charge in [-0.25, -0.2) is 0 Å². The molecule has 1 aromatic carbocycles. The lowest BCUT2D eigenvalue weighted by atomic mass is 10.1. The zero-order valence-corrected chi connectivity index (χ0v) is 14.4. The van der Waals surface area contributed by atoms with E-state index in [1.165, 1.54) is 0 Å². The van der Waals surface area contributed by atoms with Crippen LogP contribution in [0, 0.1) is 0 Å². The Labute approximate surface area is 138 Å². The van der Waals surface area contributed by atoms with E-state index in [1.54, 1.807) is 14.2 Å². The minimum absolute atomic E-state index is 0.243. The smallest absolute Gasteiger partial charge is 0.191 e. The highest BCUT2D eigenvalue weighted by Gasteiger charge is 2.16. The van der Waals surface area contributed by atoms with Crippen molar-refractivity contribution in [1.82, 2.24) is 10.6 Å². The summed E-state index contributed by atoms with van der Waals surface area (Å²) in [5.41, 5.74) is 0.871. The highest BCUT2D eigenvalue weighted by Crippen LogP contribution is 2.30. The van der Waals surface area contributed by atoms with Crippen molar-refractivity contribution in [2.75, 3.05) is 33.9 Å². The average Bonchev–Trinajstić information content (AvgIpc) is 2.79. The number of methoxy groups -OCH3 is 1. The molecular formula is C17H27N3O3. The van der Waals surface area contributed by atoms with E-state index >= 15 is 0 Å². The van der Waals surface area contributed by atoms with Crippen LogP contribution in [0.3, 0.4) is 0 Å². The lowest BCUT2D eigenvalue weighted by Gasteiger charge is -2.24. The second-order valence-corrected chi connectivity index (χ2v) is 6.07. The van der Waals surface area contributed by atoms with Crippen LogP contribution in [0.25, 0.3) is 0 Å². The maximum atomic E-state index is 5.71. The fourth-order valence-electron chi connectivity index (χ4n) is 2.09. The van der Waals surface area contributed by atoms with Gasteiger partial charge in [0.1, 0.15) is 0 Å². The topological polar surface area (TPSA) is 64.1 Å². The molecule has 2 rings (SSSR count).